The SMILES string of the molecule is Nc1c(C(=O)N/N=C/c2ccc(OCc3ccccc3)cc2)[nH]c2ccccc12. The van der Waals surface area contributed by atoms with Crippen molar-refractivity contribution in [3.63, 3.8) is 0 Å². The third kappa shape index (κ3) is 4.27. The van der Waals surface area contributed by atoms with Gasteiger partial charge in [-0.3, -0.25) is 4.79 Å². The minimum Gasteiger partial charge on any atom is -0.489 e. The summed E-state index contributed by atoms with van der Waals surface area (Å²) in [5.41, 5.74) is 12.0. The number of aromatic amines is 1. The van der Waals surface area contributed by atoms with Crippen LogP contribution in [0.25, 0.3) is 10.9 Å². The fraction of sp³-hybridized carbons (Fsp3) is 0.0435. The summed E-state index contributed by atoms with van der Waals surface area (Å²) in [6.45, 7) is 0.510. The summed E-state index contributed by atoms with van der Waals surface area (Å²) in [6, 6.07) is 24.9. The molecule has 1 heterocycles. The molecule has 0 saturated carbocycles. The van der Waals surface area contributed by atoms with Crippen LogP contribution in [0.15, 0.2) is 84.0 Å². The molecule has 6 heteroatoms. The molecule has 4 N–H and O–H groups in total. The van der Waals surface area contributed by atoms with Crippen molar-refractivity contribution in [1.29, 1.82) is 0 Å². The number of carbonyl (C=O) groups is 1. The van der Waals surface area contributed by atoms with Crippen molar-refractivity contribution >= 4 is 28.7 Å². The number of fused-ring (bicyclic) bond motifs is 1. The summed E-state index contributed by atoms with van der Waals surface area (Å²) >= 11 is 0. The number of hydrazone groups is 1. The number of benzene rings is 3. The number of hydrogen-bond acceptors (Lipinski definition) is 4. The van der Waals surface area contributed by atoms with E-state index in [-0.39, 0.29) is 0 Å². The van der Waals surface area contributed by atoms with Gasteiger partial charge in [-0.15, -0.1) is 0 Å². The number of aromatic nitrogens is 1. The molecule has 0 spiro atoms. The molecule has 4 aromatic rings. The normalized spacial score (nSPS) is 11.0. The van der Waals surface area contributed by atoms with Crippen LogP contribution >= 0.6 is 0 Å². The summed E-state index contributed by atoms with van der Waals surface area (Å²) in [6.07, 6.45) is 1.57. The van der Waals surface area contributed by atoms with Gasteiger partial charge in [0.1, 0.15) is 18.1 Å². The van der Waals surface area contributed by atoms with E-state index in [1.165, 1.54) is 0 Å². The van der Waals surface area contributed by atoms with Crippen molar-refractivity contribution in [2.24, 2.45) is 5.10 Å². The van der Waals surface area contributed by atoms with Crippen LogP contribution in [0.2, 0.25) is 0 Å². The van der Waals surface area contributed by atoms with Crippen LogP contribution in [-0.4, -0.2) is 17.1 Å². The van der Waals surface area contributed by atoms with Crippen molar-refractivity contribution in [3.05, 3.63) is 95.7 Å². The number of ether oxygens (including phenoxy) is 1. The molecule has 1 amide bonds. The molecule has 6 nitrogen and oxygen atoms in total. The zero-order valence-electron chi connectivity index (χ0n) is 15.6. The fourth-order valence-corrected chi connectivity index (χ4v) is 2.96. The quantitative estimate of drug-likeness (QED) is 0.345. The van der Waals surface area contributed by atoms with Gasteiger partial charge >= 0.3 is 0 Å². The molecular weight excluding hydrogens is 364 g/mol. The second-order valence-electron chi connectivity index (χ2n) is 6.50. The Morgan fingerprint density at radius 3 is 2.48 bits per heavy atom. The first-order valence-corrected chi connectivity index (χ1v) is 9.17. The number of para-hydroxylation sites is 1. The molecule has 0 aliphatic rings. The molecule has 0 saturated heterocycles. The van der Waals surface area contributed by atoms with Gasteiger partial charge in [0, 0.05) is 10.9 Å². The highest BCUT2D eigenvalue weighted by atomic mass is 16.5. The summed E-state index contributed by atoms with van der Waals surface area (Å²) in [5, 5.41) is 4.82. The Kier molecular flexibility index (Phi) is 5.25. The Morgan fingerprint density at radius 2 is 1.72 bits per heavy atom. The van der Waals surface area contributed by atoms with Gasteiger partial charge in [0.05, 0.1) is 11.9 Å². The van der Waals surface area contributed by atoms with Gasteiger partial charge in [-0.1, -0.05) is 48.5 Å². The lowest BCUT2D eigenvalue weighted by molar-refractivity contribution is 0.0952. The molecule has 0 aliphatic heterocycles. The number of nitrogens with one attached hydrogen (secondary N) is 2. The Bertz CT molecular complexity index is 1150. The molecule has 3 aromatic carbocycles. The van der Waals surface area contributed by atoms with Gasteiger partial charge in [0.25, 0.3) is 5.91 Å². The number of carbonyl (C=O) groups excluding carboxylic acids is 1. The van der Waals surface area contributed by atoms with Gasteiger partial charge in [-0.2, -0.15) is 5.10 Å². The molecule has 0 atom stereocenters. The molecule has 0 radical (unpaired) electrons. The summed E-state index contributed by atoms with van der Waals surface area (Å²) in [7, 11) is 0. The number of nitrogen functional groups attached to an aromatic ring is 1. The van der Waals surface area contributed by atoms with Gasteiger partial charge in [-0.25, -0.2) is 5.43 Å². The van der Waals surface area contributed by atoms with Crippen LogP contribution in [0.1, 0.15) is 21.6 Å². The number of nitrogens with two attached hydrogens (primary N) is 1. The second kappa shape index (κ2) is 8.31. The molecule has 0 aliphatic carbocycles. The van der Waals surface area contributed by atoms with Gasteiger partial charge < -0.3 is 15.5 Å². The highest BCUT2D eigenvalue weighted by Crippen LogP contribution is 2.24. The fourth-order valence-electron chi connectivity index (χ4n) is 2.96. The van der Waals surface area contributed by atoms with E-state index < -0.39 is 5.91 Å². The average molecular weight is 384 g/mol. The lowest BCUT2D eigenvalue weighted by Crippen LogP contribution is -2.19. The van der Waals surface area contributed by atoms with E-state index in [1.807, 2.05) is 78.9 Å². The maximum atomic E-state index is 12.3. The zero-order chi connectivity index (χ0) is 20.1. The van der Waals surface area contributed by atoms with E-state index in [2.05, 4.69) is 15.5 Å². The van der Waals surface area contributed by atoms with Crippen molar-refractivity contribution in [1.82, 2.24) is 10.4 Å². The second-order valence-corrected chi connectivity index (χ2v) is 6.50. The lowest BCUT2D eigenvalue weighted by atomic mass is 10.2. The molecule has 0 bridgehead atoms. The topological polar surface area (TPSA) is 92.5 Å². The van der Waals surface area contributed by atoms with Crippen LogP contribution in [0.3, 0.4) is 0 Å². The van der Waals surface area contributed by atoms with Crippen LogP contribution in [0, 0.1) is 0 Å². The monoisotopic (exact) mass is 384 g/mol. The zero-order valence-corrected chi connectivity index (χ0v) is 15.6. The van der Waals surface area contributed by atoms with Crippen molar-refractivity contribution in [2.75, 3.05) is 5.73 Å². The smallest absolute Gasteiger partial charge is 0.289 e. The number of anilines is 1. The molecule has 0 fully saturated rings. The number of H-pyrrole nitrogens is 1. The predicted molar refractivity (Wildman–Crippen MR) is 115 cm³/mol. The molecule has 29 heavy (non-hydrogen) atoms. The Balaban J connectivity index is 1.35. The molecular formula is C23H20N4O2. The predicted octanol–water partition coefficient (Wildman–Crippen LogP) is 4.09. The van der Waals surface area contributed by atoms with E-state index in [4.69, 9.17) is 10.5 Å². The Morgan fingerprint density at radius 1 is 1.00 bits per heavy atom. The van der Waals surface area contributed by atoms with Crippen LogP contribution < -0.4 is 15.9 Å². The minimum atomic E-state index is -0.391. The van der Waals surface area contributed by atoms with Crippen molar-refractivity contribution in [3.8, 4) is 5.75 Å². The van der Waals surface area contributed by atoms with Crippen molar-refractivity contribution < 1.29 is 9.53 Å². The van der Waals surface area contributed by atoms with E-state index in [1.54, 1.807) is 6.21 Å². The summed E-state index contributed by atoms with van der Waals surface area (Å²) < 4.78 is 5.76. The Hall–Kier alpha value is -4.06. The van der Waals surface area contributed by atoms with Crippen LogP contribution in [0.4, 0.5) is 5.69 Å². The highest BCUT2D eigenvalue weighted by Gasteiger charge is 2.14. The Labute approximate surface area is 168 Å². The standard InChI is InChI=1S/C23H20N4O2/c24-21-19-8-4-5-9-20(19)26-22(21)23(28)27-25-14-16-10-12-18(13-11-16)29-15-17-6-2-1-3-7-17/h1-14,26H,15,24H2,(H,27,28)/b25-14+. The molecule has 1 aromatic heterocycles. The largest absolute Gasteiger partial charge is 0.489 e. The van der Waals surface area contributed by atoms with E-state index >= 15 is 0 Å². The number of rotatable bonds is 6. The summed E-state index contributed by atoms with van der Waals surface area (Å²) in [4.78, 5) is 15.4. The third-order valence-electron chi connectivity index (χ3n) is 4.48. The molecule has 0 unspecified atom stereocenters. The van der Waals surface area contributed by atoms with Gasteiger partial charge in [0.15, 0.2) is 0 Å². The van der Waals surface area contributed by atoms with Gasteiger partial charge in [0.2, 0.25) is 0 Å². The number of hydrogen-bond donors (Lipinski definition) is 3. The number of nitrogens with zero attached hydrogens (tertiary/aromatic N) is 1. The first kappa shape index (κ1) is 18.3. The van der Waals surface area contributed by atoms with Crippen molar-refractivity contribution in [2.45, 2.75) is 6.61 Å². The maximum Gasteiger partial charge on any atom is 0.289 e. The maximum absolute atomic E-state index is 12.3. The van der Waals surface area contributed by atoms with Gasteiger partial charge in [-0.05, 0) is 41.5 Å². The number of amides is 1. The van der Waals surface area contributed by atoms with E-state index in [0.717, 1.165) is 27.8 Å². The van der Waals surface area contributed by atoms with E-state index in [9.17, 15) is 4.79 Å². The van der Waals surface area contributed by atoms with Crippen LogP contribution in [-0.2, 0) is 6.61 Å². The third-order valence-corrected chi connectivity index (χ3v) is 4.48. The average Bonchev–Trinajstić information content (AvgIpc) is 3.11. The molecule has 144 valence electrons. The van der Waals surface area contributed by atoms with E-state index in [0.29, 0.717) is 18.0 Å². The minimum absolute atomic E-state index is 0.299. The summed E-state index contributed by atoms with van der Waals surface area (Å²) in [5.74, 6) is 0.374. The lowest BCUT2D eigenvalue weighted by Gasteiger charge is -2.06. The van der Waals surface area contributed by atoms with Crippen LogP contribution in [0.5, 0.6) is 5.75 Å². The first-order valence-electron chi connectivity index (χ1n) is 9.17. The first-order chi connectivity index (χ1) is 14.2. The molecule has 4 rings (SSSR count). The highest BCUT2D eigenvalue weighted by molar-refractivity contribution is 6.07.